The molecule has 2 heteroatoms. The molecule has 0 radical (unpaired) electrons. The molecule has 0 atom stereocenters. The van der Waals surface area contributed by atoms with Gasteiger partial charge in [-0.1, -0.05) is 19.2 Å². The van der Waals surface area contributed by atoms with Gasteiger partial charge in [-0.3, -0.25) is 0 Å². The normalized spacial score (nSPS) is 19.1. The smallest absolute Gasteiger partial charge is 0.123 e. The summed E-state index contributed by atoms with van der Waals surface area (Å²) in [7, 11) is 0. The number of piperidine rings is 1. The van der Waals surface area contributed by atoms with E-state index in [-0.39, 0.29) is 5.92 Å². The van der Waals surface area contributed by atoms with Crippen LogP contribution in [0.4, 0.5) is 0 Å². The lowest BCUT2D eigenvalue weighted by molar-refractivity contribution is -0.112. The summed E-state index contributed by atoms with van der Waals surface area (Å²) in [4.78, 5) is 12.8. The van der Waals surface area contributed by atoms with Crippen LogP contribution < -0.4 is 0 Å². The van der Waals surface area contributed by atoms with Crippen LogP contribution in [0.3, 0.4) is 0 Å². The molecule has 0 N–H and O–H groups in total. The predicted molar refractivity (Wildman–Crippen MR) is 58.8 cm³/mol. The van der Waals surface area contributed by atoms with E-state index in [1.165, 1.54) is 0 Å². The third-order valence-corrected chi connectivity index (χ3v) is 2.59. The van der Waals surface area contributed by atoms with Gasteiger partial charge in [0.05, 0.1) is 0 Å². The van der Waals surface area contributed by atoms with Gasteiger partial charge < -0.3 is 9.69 Å². The maximum absolute atomic E-state index is 10.6. The van der Waals surface area contributed by atoms with E-state index in [4.69, 9.17) is 0 Å². The van der Waals surface area contributed by atoms with E-state index in [0.29, 0.717) is 0 Å². The van der Waals surface area contributed by atoms with Gasteiger partial charge in [0, 0.05) is 24.7 Å². The van der Waals surface area contributed by atoms with Crippen LogP contribution in [0.5, 0.6) is 0 Å². The Morgan fingerprint density at radius 1 is 1.29 bits per heavy atom. The number of aldehydes is 1. The van der Waals surface area contributed by atoms with Crippen LogP contribution in [0.15, 0.2) is 37.1 Å². The van der Waals surface area contributed by atoms with Gasteiger partial charge in [0.2, 0.25) is 0 Å². The Morgan fingerprint density at radius 3 is 2.36 bits per heavy atom. The summed E-state index contributed by atoms with van der Waals surface area (Å²) in [5.41, 5.74) is 1.10. The molecule has 1 rings (SSSR count). The third-order valence-electron chi connectivity index (χ3n) is 2.59. The molecule has 1 aliphatic rings. The molecule has 0 unspecified atom stereocenters. The van der Waals surface area contributed by atoms with Gasteiger partial charge in [0.25, 0.3) is 0 Å². The van der Waals surface area contributed by atoms with Crippen LogP contribution >= 0.6 is 0 Å². The number of allylic oxidation sites excluding steroid dienone is 3. The third kappa shape index (κ3) is 2.59. The highest BCUT2D eigenvalue weighted by Gasteiger charge is 2.18. The van der Waals surface area contributed by atoms with Crippen molar-refractivity contribution in [1.29, 1.82) is 0 Å². The summed E-state index contributed by atoms with van der Waals surface area (Å²) in [5, 5.41) is 0. The molecule has 1 fully saturated rings. The Hall–Kier alpha value is -1.31. The van der Waals surface area contributed by atoms with Gasteiger partial charge in [-0.05, 0) is 25.0 Å². The Bertz CT molecular complexity index is 247. The molecule has 1 heterocycles. The number of rotatable bonds is 4. The van der Waals surface area contributed by atoms with E-state index in [2.05, 4.69) is 18.1 Å². The van der Waals surface area contributed by atoms with E-state index in [1.807, 2.05) is 12.2 Å². The van der Waals surface area contributed by atoms with E-state index < -0.39 is 0 Å². The van der Waals surface area contributed by atoms with Crippen LogP contribution in [-0.4, -0.2) is 24.3 Å². The minimum atomic E-state index is 0.251. The Labute approximate surface area is 85.6 Å². The van der Waals surface area contributed by atoms with Gasteiger partial charge in [-0.2, -0.15) is 0 Å². The number of carbonyl (C=O) groups is 1. The van der Waals surface area contributed by atoms with Crippen molar-refractivity contribution in [3.63, 3.8) is 0 Å². The molecule has 1 aliphatic heterocycles. The van der Waals surface area contributed by atoms with Crippen molar-refractivity contribution in [2.24, 2.45) is 5.92 Å². The molecule has 0 aliphatic carbocycles. The van der Waals surface area contributed by atoms with Gasteiger partial charge in [0.1, 0.15) is 6.29 Å². The van der Waals surface area contributed by atoms with Crippen molar-refractivity contribution in [2.45, 2.75) is 12.8 Å². The summed E-state index contributed by atoms with van der Waals surface area (Å²) >= 11 is 0. The SMILES string of the molecule is C=C/C=C(\C=C)N1CCC(C=O)CC1. The molecule has 0 saturated carbocycles. The van der Waals surface area contributed by atoms with E-state index in [0.717, 1.165) is 37.9 Å². The minimum absolute atomic E-state index is 0.251. The lowest BCUT2D eigenvalue weighted by Gasteiger charge is -2.32. The second-order valence-corrected chi connectivity index (χ2v) is 3.49. The number of nitrogens with zero attached hydrogens (tertiary/aromatic N) is 1. The van der Waals surface area contributed by atoms with Crippen molar-refractivity contribution in [2.75, 3.05) is 13.1 Å². The summed E-state index contributed by atoms with van der Waals surface area (Å²) in [6.45, 7) is 9.31. The number of carbonyl (C=O) groups excluding carboxylic acids is 1. The number of hydrogen-bond acceptors (Lipinski definition) is 2. The second-order valence-electron chi connectivity index (χ2n) is 3.49. The van der Waals surface area contributed by atoms with Crippen molar-refractivity contribution in [1.82, 2.24) is 4.90 Å². The Balaban J connectivity index is 2.55. The standard InChI is InChI=1S/C12H17NO/c1-3-5-12(4-2)13-8-6-11(10-14)7-9-13/h3-5,10-11H,1-2,6-9H2/b12-5+. The van der Waals surface area contributed by atoms with Crippen LogP contribution in [0.2, 0.25) is 0 Å². The molecular formula is C12H17NO. The van der Waals surface area contributed by atoms with Gasteiger partial charge in [-0.25, -0.2) is 0 Å². The quantitative estimate of drug-likeness (QED) is 0.501. The molecule has 0 aromatic heterocycles. The highest BCUT2D eigenvalue weighted by Crippen LogP contribution is 2.19. The molecule has 0 amide bonds. The Kier molecular flexibility index (Phi) is 4.17. The fourth-order valence-electron chi connectivity index (χ4n) is 1.72. The van der Waals surface area contributed by atoms with Gasteiger partial charge in [-0.15, -0.1) is 0 Å². The second kappa shape index (κ2) is 5.43. The monoisotopic (exact) mass is 191 g/mol. The molecule has 0 aromatic carbocycles. The molecule has 0 aromatic rings. The van der Waals surface area contributed by atoms with Gasteiger partial charge >= 0.3 is 0 Å². The average Bonchev–Trinajstić information content (AvgIpc) is 2.26. The summed E-state index contributed by atoms with van der Waals surface area (Å²) in [6, 6.07) is 0. The zero-order chi connectivity index (χ0) is 10.4. The van der Waals surface area contributed by atoms with Crippen molar-refractivity contribution < 1.29 is 4.79 Å². The first-order valence-corrected chi connectivity index (χ1v) is 4.97. The predicted octanol–water partition coefficient (Wildman–Crippen LogP) is 2.15. The maximum atomic E-state index is 10.6. The van der Waals surface area contributed by atoms with Crippen molar-refractivity contribution >= 4 is 6.29 Å². The lowest BCUT2D eigenvalue weighted by atomic mass is 9.98. The first kappa shape index (κ1) is 10.8. The van der Waals surface area contributed by atoms with E-state index in [1.54, 1.807) is 6.08 Å². The topological polar surface area (TPSA) is 20.3 Å². The number of likely N-dealkylation sites (tertiary alicyclic amines) is 1. The van der Waals surface area contributed by atoms with Crippen LogP contribution in [0.1, 0.15) is 12.8 Å². The average molecular weight is 191 g/mol. The largest absolute Gasteiger partial charge is 0.372 e. The summed E-state index contributed by atoms with van der Waals surface area (Å²) in [5.74, 6) is 0.251. The fraction of sp³-hybridized carbons (Fsp3) is 0.417. The summed E-state index contributed by atoms with van der Waals surface area (Å²) in [6.07, 6.45) is 8.53. The first-order valence-electron chi connectivity index (χ1n) is 4.97. The zero-order valence-electron chi connectivity index (χ0n) is 8.48. The number of hydrogen-bond donors (Lipinski definition) is 0. The molecule has 1 saturated heterocycles. The van der Waals surface area contributed by atoms with Crippen LogP contribution in [0, 0.1) is 5.92 Å². The highest BCUT2D eigenvalue weighted by atomic mass is 16.1. The molecule has 14 heavy (non-hydrogen) atoms. The van der Waals surface area contributed by atoms with E-state index in [9.17, 15) is 4.79 Å². The maximum Gasteiger partial charge on any atom is 0.123 e. The van der Waals surface area contributed by atoms with Crippen molar-refractivity contribution in [3.8, 4) is 0 Å². The zero-order valence-corrected chi connectivity index (χ0v) is 8.48. The highest BCUT2D eigenvalue weighted by molar-refractivity contribution is 5.53. The molecule has 76 valence electrons. The van der Waals surface area contributed by atoms with Crippen molar-refractivity contribution in [3.05, 3.63) is 37.1 Å². The fourth-order valence-corrected chi connectivity index (χ4v) is 1.72. The van der Waals surface area contributed by atoms with E-state index >= 15 is 0 Å². The molecular weight excluding hydrogens is 174 g/mol. The molecule has 0 bridgehead atoms. The first-order chi connectivity index (χ1) is 6.81. The van der Waals surface area contributed by atoms with Crippen LogP contribution in [0.25, 0.3) is 0 Å². The summed E-state index contributed by atoms with van der Waals surface area (Å²) < 4.78 is 0. The molecule has 0 spiro atoms. The Morgan fingerprint density at radius 2 is 1.93 bits per heavy atom. The van der Waals surface area contributed by atoms with Crippen LogP contribution in [-0.2, 0) is 4.79 Å². The molecule has 2 nitrogen and oxygen atoms in total. The lowest BCUT2D eigenvalue weighted by Crippen LogP contribution is -2.32. The van der Waals surface area contributed by atoms with Gasteiger partial charge in [0.15, 0.2) is 0 Å². The minimum Gasteiger partial charge on any atom is -0.372 e.